The van der Waals surface area contributed by atoms with Crippen LogP contribution in [0.15, 0.2) is 53.3 Å². The molecule has 1 heterocycles. The predicted molar refractivity (Wildman–Crippen MR) is 122 cm³/mol. The Morgan fingerprint density at radius 1 is 1.14 bits per heavy atom. The van der Waals surface area contributed by atoms with E-state index in [2.05, 4.69) is 28.5 Å². The molecule has 0 bridgehead atoms. The Balaban J connectivity index is 1.74. The van der Waals surface area contributed by atoms with Crippen LogP contribution < -0.4 is 10.9 Å². The van der Waals surface area contributed by atoms with Gasteiger partial charge in [-0.2, -0.15) is 0 Å². The molecule has 5 nitrogen and oxygen atoms in total. The van der Waals surface area contributed by atoms with Crippen molar-refractivity contribution in [3.63, 3.8) is 0 Å². The lowest BCUT2D eigenvalue weighted by molar-refractivity contribution is 0.245. The van der Waals surface area contributed by atoms with Gasteiger partial charge in [0.15, 0.2) is 5.11 Å². The van der Waals surface area contributed by atoms with E-state index in [1.165, 1.54) is 5.56 Å². The summed E-state index contributed by atoms with van der Waals surface area (Å²) in [6, 6.07) is 16.2. The third-order valence-electron chi connectivity index (χ3n) is 5.07. The summed E-state index contributed by atoms with van der Waals surface area (Å²) in [7, 11) is 0. The lowest BCUT2D eigenvalue weighted by atomic mass is 10.0. The van der Waals surface area contributed by atoms with Crippen LogP contribution in [0.1, 0.15) is 22.3 Å². The fourth-order valence-corrected chi connectivity index (χ4v) is 3.64. The van der Waals surface area contributed by atoms with Crippen molar-refractivity contribution in [2.45, 2.75) is 26.8 Å². The highest BCUT2D eigenvalue weighted by Crippen LogP contribution is 2.20. The summed E-state index contributed by atoms with van der Waals surface area (Å²) in [6.07, 6.45) is 0.850. The van der Waals surface area contributed by atoms with E-state index in [4.69, 9.17) is 12.2 Å². The van der Waals surface area contributed by atoms with Crippen molar-refractivity contribution in [2.24, 2.45) is 0 Å². The molecule has 0 aliphatic heterocycles. The number of aryl methyl sites for hydroxylation is 2. The number of thiocarbonyl (C=S) groups is 1. The molecule has 0 atom stereocenters. The lowest BCUT2D eigenvalue weighted by Gasteiger charge is -2.25. The molecule has 0 aliphatic rings. The summed E-state index contributed by atoms with van der Waals surface area (Å²) in [5.41, 5.74) is 4.76. The van der Waals surface area contributed by atoms with E-state index >= 15 is 0 Å². The minimum atomic E-state index is -0.124. The highest BCUT2D eigenvalue weighted by atomic mass is 32.1. The smallest absolute Gasteiger partial charge is 0.253 e. The second kappa shape index (κ2) is 9.67. The van der Waals surface area contributed by atoms with Crippen molar-refractivity contribution in [3.05, 3.63) is 81.1 Å². The summed E-state index contributed by atoms with van der Waals surface area (Å²) >= 11 is 5.53. The Labute approximate surface area is 176 Å². The van der Waals surface area contributed by atoms with E-state index < -0.39 is 0 Å². The zero-order valence-corrected chi connectivity index (χ0v) is 17.7. The number of hydrogen-bond acceptors (Lipinski definition) is 3. The van der Waals surface area contributed by atoms with Crippen LogP contribution in [-0.2, 0) is 13.0 Å². The highest BCUT2D eigenvalue weighted by molar-refractivity contribution is 7.80. The topological polar surface area (TPSA) is 68.4 Å². The van der Waals surface area contributed by atoms with Crippen LogP contribution >= 0.6 is 12.2 Å². The first-order valence-corrected chi connectivity index (χ1v) is 10.2. The fourth-order valence-electron chi connectivity index (χ4n) is 3.38. The lowest BCUT2D eigenvalue weighted by Crippen LogP contribution is -2.42. The van der Waals surface area contributed by atoms with Gasteiger partial charge in [-0.1, -0.05) is 42.5 Å². The first-order chi connectivity index (χ1) is 14.0. The molecule has 0 saturated heterocycles. The van der Waals surface area contributed by atoms with Gasteiger partial charge in [-0.3, -0.25) is 4.79 Å². The fraction of sp³-hybridized carbons (Fsp3) is 0.304. The van der Waals surface area contributed by atoms with Gasteiger partial charge in [0, 0.05) is 24.0 Å². The summed E-state index contributed by atoms with van der Waals surface area (Å²) in [5.74, 6) is 0. The first-order valence-electron chi connectivity index (χ1n) is 9.79. The van der Waals surface area contributed by atoms with Gasteiger partial charge in [-0.15, -0.1) is 0 Å². The Morgan fingerprint density at radius 2 is 1.86 bits per heavy atom. The van der Waals surface area contributed by atoms with Crippen LogP contribution in [0.5, 0.6) is 0 Å². The number of benzene rings is 2. The van der Waals surface area contributed by atoms with Crippen LogP contribution in [0.4, 0.5) is 0 Å². The van der Waals surface area contributed by atoms with E-state index in [0.29, 0.717) is 30.3 Å². The third-order valence-corrected chi connectivity index (χ3v) is 5.47. The molecule has 0 spiro atoms. The van der Waals surface area contributed by atoms with Crippen molar-refractivity contribution in [2.75, 3.05) is 19.7 Å². The average molecular weight is 410 g/mol. The molecule has 3 rings (SSSR count). The number of nitrogens with one attached hydrogen (secondary N) is 2. The molecular weight excluding hydrogens is 382 g/mol. The first kappa shape index (κ1) is 21.0. The second-order valence-electron chi connectivity index (χ2n) is 7.22. The number of rotatable bonds is 7. The molecule has 0 fully saturated rings. The molecule has 0 aliphatic carbocycles. The minimum absolute atomic E-state index is 0.0376. The number of aromatic nitrogens is 1. The maximum atomic E-state index is 12.6. The number of H-pyrrole nitrogens is 1. The second-order valence-corrected chi connectivity index (χ2v) is 7.61. The summed E-state index contributed by atoms with van der Waals surface area (Å²) < 4.78 is 0. The Morgan fingerprint density at radius 3 is 2.59 bits per heavy atom. The Hall–Kier alpha value is -2.70. The number of aliphatic hydroxyl groups is 1. The SMILES string of the molecule is Cc1ccc(C)c2[nH]c(=O)c(CN(CCO)C(=S)NCCc3ccccc3)cc12. The monoisotopic (exact) mass is 409 g/mol. The Kier molecular flexibility index (Phi) is 7.01. The Bertz CT molecular complexity index is 1050. The van der Waals surface area contributed by atoms with Gasteiger partial charge in [0.2, 0.25) is 0 Å². The summed E-state index contributed by atoms with van der Waals surface area (Å²) in [4.78, 5) is 17.5. The average Bonchev–Trinajstić information content (AvgIpc) is 2.72. The molecule has 152 valence electrons. The van der Waals surface area contributed by atoms with Gasteiger partial charge in [0.1, 0.15) is 0 Å². The third kappa shape index (κ3) is 5.22. The molecule has 6 heteroatoms. The quantitative estimate of drug-likeness (QED) is 0.524. The number of hydrogen-bond donors (Lipinski definition) is 3. The molecule has 1 aromatic heterocycles. The molecular formula is C23H27N3O2S. The van der Waals surface area contributed by atoms with E-state index in [1.807, 2.05) is 49.1 Å². The van der Waals surface area contributed by atoms with Crippen LogP contribution in [0.3, 0.4) is 0 Å². The van der Waals surface area contributed by atoms with Crippen molar-refractivity contribution >= 4 is 28.2 Å². The number of fused-ring (bicyclic) bond motifs is 1. The van der Waals surface area contributed by atoms with E-state index in [0.717, 1.165) is 28.5 Å². The van der Waals surface area contributed by atoms with Crippen molar-refractivity contribution < 1.29 is 5.11 Å². The maximum Gasteiger partial charge on any atom is 0.253 e. The highest BCUT2D eigenvalue weighted by Gasteiger charge is 2.14. The molecule has 0 unspecified atom stereocenters. The van der Waals surface area contributed by atoms with Gasteiger partial charge >= 0.3 is 0 Å². The minimum Gasteiger partial charge on any atom is -0.395 e. The normalized spacial score (nSPS) is 10.9. The molecule has 0 radical (unpaired) electrons. The maximum absolute atomic E-state index is 12.6. The zero-order chi connectivity index (χ0) is 20.8. The molecule has 2 aromatic carbocycles. The number of aromatic amines is 1. The molecule has 0 amide bonds. The summed E-state index contributed by atoms with van der Waals surface area (Å²) in [5, 5.41) is 14.3. The van der Waals surface area contributed by atoms with Crippen molar-refractivity contribution in [1.82, 2.24) is 15.2 Å². The largest absolute Gasteiger partial charge is 0.395 e. The van der Waals surface area contributed by atoms with Gasteiger partial charge in [0.05, 0.1) is 18.7 Å². The van der Waals surface area contributed by atoms with Gasteiger partial charge in [0.25, 0.3) is 5.56 Å². The molecule has 0 saturated carbocycles. The molecule has 3 N–H and O–H groups in total. The number of pyridine rings is 1. The van der Waals surface area contributed by atoms with Gasteiger partial charge in [-0.25, -0.2) is 0 Å². The van der Waals surface area contributed by atoms with Crippen molar-refractivity contribution in [3.8, 4) is 0 Å². The van der Waals surface area contributed by atoms with Crippen LogP contribution in [-0.4, -0.2) is 39.8 Å². The zero-order valence-electron chi connectivity index (χ0n) is 16.9. The standard InChI is InChI=1S/C23H27N3O2S/c1-16-8-9-17(2)21-20(16)14-19(22(28)25-21)15-26(12-13-27)23(29)24-11-10-18-6-4-3-5-7-18/h3-9,14,27H,10-13,15H2,1-2H3,(H,24,29)(H,25,28). The molecule has 29 heavy (non-hydrogen) atoms. The van der Waals surface area contributed by atoms with E-state index in [9.17, 15) is 9.90 Å². The van der Waals surface area contributed by atoms with E-state index in [-0.39, 0.29) is 12.2 Å². The van der Waals surface area contributed by atoms with Crippen LogP contribution in [0, 0.1) is 13.8 Å². The van der Waals surface area contributed by atoms with E-state index in [1.54, 1.807) is 0 Å². The number of nitrogens with zero attached hydrogens (tertiary/aromatic N) is 1. The predicted octanol–water partition coefficient (Wildman–Crippen LogP) is 3.06. The van der Waals surface area contributed by atoms with Gasteiger partial charge < -0.3 is 20.3 Å². The summed E-state index contributed by atoms with van der Waals surface area (Å²) in [6.45, 7) is 5.38. The molecule has 3 aromatic rings. The number of aliphatic hydroxyl groups excluding tert-OH is 1. The van der Waals surface area contributed by atoms with Crippen molar-refractivity contribution in [1.29, 1.82) is 0 Å². The van der Waals surface area contributed by atoms with Gasteiger partial charge in [-0.05, 0) is 55.2 Å². The van der Waals surface area contributed by atoms with Crippen LogP contribution in [0.25, 0.3) is 10.9 Å². The van der Waals surface area contributed by atoms with Crippen LogP contribution in [0.2, 0.25) is 0 Å².